The normalized spacial score (nSPS) is 18.8. The number of nitrogens with one attached hydrogen (secondary N) is 1. The Balaban J connectivity index is 2.10. The van der Waals surface area contributed by atoms with Crippen molar-refractivity contribution in [3.05, 3.63) is 5.01 Å². The van der Waals surface area contributed by atoms with Crippen LogP contribution in [-0.4, -0.2) is 59.0 Å². The van der Waals surface area contributed by atoms with Crippen LogP contribution < -0.4 is 10.2 Å². The van der Waals surface area contributed by atoms with Crippen LogP contribution in [0.2, 0.25) is 0 Å². The fourth-order valence-corrected chi connectivity index (χ4v) is 3.25. The molecule has 0 radical (unpaired) electrons. The first-order chi connectivity index (χ1) is 11.4. The van der Waals surface area contributed by atoms with Gasteiger partial charge in [0.1, 0.15) is 16.8 Å². The number of ether oxygens (including phenoxy) is 1. The van der Waals surface area contributed by atoms with Gasteiger partial charge in [-0.25, -0.2) is 4.79 Å². The third-order valence-corrected chi connectivity index (χ3v) is 4.80. The number of amides is 2. The molecule has 1 aliphatic heterocycles. The first-order valence-electron chi connectivity index (χ1n) is 8.22. The smallest absolute Gasteiger partial charge is 0.327 e. The number of urea groups is 1. The Labute approximate surface area is 152 Å². The fourth-order valence-electron chi connectivity index (χ4n) is 2.30. The first-order valence-corrected chi connectivity index (χ1v) is 9.03. The molecule has 1 aromatic rings. The second-order valence-corrected chi connectivity index (χ2v) is 9.11. The summed E-state index contributed by atoms with van der Waals surface area (Å²) in [7, 11) is 1.72. The minimum Gasteiger partial charge on any atom is -0.459 e. The molecule has 0 saturated carbocycles. The van der Waals surface area contributed by atoms with E-state index in [2.05, 4.69) is 15.5 Å². The van der Waals surface area contributed by atoms with Crippen LogP contribution in [0.4, 0.5) is 9.93 Å². The van der Waals surface area contributed by atoms with Crippen LogP contribution in [-0.2, 0) is 14.9 Å². The Bertz CT molecular complexity index is 647. The molecule has 140 valence electrons. The molecular formula is C16H27N5O3S. The molecule has 2 rings (SSSR count). The highest BCUT2D eigenvalue weighted by Gasteiger charge is 2.39. The van der Waals surface area contributed by atoms with Gasteiger partial charge >= 0.3 is 12.0 Å². The number of aromatic nitrogens is 2. The van der Waals surface area contributed by atoms with E-state index in [1.165, 1.54) is 11.3 Å². The van der Waals surface area contributed by atoms with E-state index in [1.54, 1.807) is 16.8 Å². The molecule has 25 heavy (non-hydrogen) atoms. The Morgan fingerprint density at radius 3 is 2.44 bits per heavy atom. The molecule has 0 aliphatic carbocycles. The molecule has 1 atom stereocenters. The van der Waals surface area contributed by atoms with Crippen molar-refractivity contribution in [3.63, 3.8) is 0 Å². The Morgan fingerprint density at radius 1 is 1.28 bits per heavy atom. The van der Waals surface area contributed by atoms with E-state index in [9.17, 15) is 9.59 Å². The zero-order valence-electron chi connectivity index (χ0n) is 15.9. The van der Waals surface area contributed by atoms with Crippen molar-refractivity contribution in [2.75, 3.05) is 25.0 Å². The number of nitrogens with zero attached hydrogens (tertiary/aromatic N) is 4. The van der Waals surface area contributed by atoms with Gasteiger partial charge in [-0.05, 0) is 20.8 Å². The van der Waals surface area contributed by atoms with E-state index in [-0.39, 0.29) is 30.1 Å². The summed E-state index contributed by atoms with van der Waals surface area (Å²) in [5.74, 6) is -0.359. The molecule has 0 aromatic carbocycles. The average Bonchev–Trinajstić information content (AvgIpc) is 3.00. The Hall–Kier alpha value is -1.74. The summed E-state index contributed by atoms with van der Waals surface area (Å²) < 4.78 is 5.30. The van der Waals surface area contributed by atoms with Gasteiger partial charge in [0.25, 0.3) is 0 Å². The van der Waals surface area contributed by atoms with Gasteiger partial charge in [-0.15, -0.1) is 10.2 Å². The summed E-state index contributed by atoms with van der Waals surface area (Å²) in [6, 6.07) is -0.168. The van der Waals surface area contributed by atoms with Crippen molar-refractivity contribution in [2.45, 2.75) is 58.7 Å². The summed E-state index contributed by atoms with van der Waals surface area (Å²) >= 11 is 1.39. The molecule has 9 heteroatoms. The van der Waals surface area contributed by atoms with E-state index < -0.39 is 5.60 Å². The lowest BCUT2D eigenvalue weighted by Gasteiger charge is -2.23. The van der Waals surface area contributed by atoms with Crippen LogP contribution in [0.15, 0.2) is 0 Å². The third kappa shape index (κ3) is 4.88. The minimum atomic E-state index is -0.540. The van der Waals surface area contributed by atoms with Crippen molar-refractivity contribution in [3.8, 4) is 0 Å². The quantitative estimate of drug-likeness (QED) is 0.817. The SMILES string of the molecule is CN1CC(NCC(=O)OC(C)(C)C)N(c2nnc(C(C)(C)C)s2)C1=O. The van der Waals surface area contributed by atoms with Gasteiger partial charge in [0.05, 0.1) is 13.1 Å². The Kier molecular flexibility index (Phi) is 5.38. The summed E-state index contributed by atoms with van der Waals surface area (Å²) in [4.78, 5) is 27.6. The number of hydrogen-bond acceptors (Lipinski definition) is 7. The molecular weight excluding hydrogens is 342 g/mol. The zero-order valence-corrected chi connectivity index (χ0v) is 16.7. The van der Waals surface area contributed by atoms with Gasteiger partial charge in [-0.2, -0.15) is 0 Å². The second kappa shape index (κ2) is 6.87. The van der Waals surface area contributed by atoms with Crippen LogP contribution in [0.25, 0.3) is 0 Å². The molecule has 1 saturated heterocycles. The van der Waals surface area contributed by atoms with Gasteiger partial charge in [-0.1, -0.05) is 32.1 Å². The summed E-state index contributed by atoms with van der Waals surface area (Å²) in [6.07, 6.45) is -0.356. The molecule has 8 nitrogen and oxygen atoms in total. The van der Waals surface area contributed by atoms with E-state index in [0.717, 1.165) is 5.01 Å². The van der Waals surface area contributed by atoms with Crippen molar-refractivity contribution in [1.82, 2.24) is 20.4 Å². The van der Waals surface area contributed by atoms with Gasteiger partial charge in [0, 0.05) is 12.5 Å². The van der Waals surface area contributed by atoms with E-state index >= 15 is 0 Å². The third-order valence-electron chi connectivity index (χ3n) is 3.46. The summed E-state index contributed by atoms with van der Waals surface area (Å²) in [5, 5.41) is 12.9. The average molecular weight is 369 g/mol. The van der Waals surface area contributed by atoms with Crippen molar-refractivity contribution < 1.29 is 14.3 Å². The van der Waals surface area contributed by atoms with Gasteiger partial charge in [0.15, 0.2) is 0 Å². The number of carbonyl (C=O) groups excluding carboxylic acids is 2. The fraction of sp³-hybridized carbons (Fsp3) is 0.750. The monoisotopic (exact) mass is 369 g/mol. The number of likely N-dealkylation sites (N-methyl/N-ethyl adjacent to an activating group) is 1. The Morgan fingerprint density at radius 2 is 1.92 bits per heavy atom. The van der Waals surface area contributed by atoms with Gasteiger partial charge in [-0.3, -0.25) is 15.0 Å². The second-order valence-electron chi connectivity index (χ2n) is 8.16. The lowest BCUT2D eigenvalue weighted by atomic mass is 9.98. The van der Waals surface area contributed by atoms with E-state index in [4.69, 9.17) is 4.74 Å². The number of hydrogen-bond donors (Lipinski definition) is 1. The summed E-state index contributed by atoms with van der Waals surface area (Å²) in [5.41, 5.74) is -0.675. The molecule has 2 heterocycles. The van der Waals surface area contributed by atoms with Crippen LogP contribution in [0.5, 0.6) is 0 Å². The highest BCUT2D eigenvalue weighted by Crippen LogP contribution is 2.32. The number of rotatable bonds is 4. The highest BCUT2D eigenvalue weighted by atomic mass is 32.1. The topological polar surface area (TPSA) is 87.7 Å². The van der Waals surface area contributed by atoms with Crippen LogP contribution in [0.1, 0.15) is 46.6 Å². The number of carbonyl (C=O) groups is 2. The lowest BCUT2D eigenvalue weighted by molar-refractivity contribution is -0.153. The first kappa shape index (κ1) is 19.6. The number of anilines is 1. The standard InChI is InChI=1S/C16H27N5O3S/c1-15(2,3)12-18-19-13(25-12)21-10(9-20(7)14(21)23)17-8-11(22)24-16(4,5)6/h10,17H,8-9H2,1-7H3. The largest absolute Gasteiger partial charge is 0.459 e. The maximum Gasteiger partial charge on any atom is 0.327 e. The van der Waals surface area contributed by atoms with E-state index in [0.29, 0.717) is 11.7 Å². The molecule has 1 aliphatic rings. The van der Waals surface area contributed by atoms with Crippen molar-refractivity contribution in [2.24, 2.45) is 0 Å². The lowest BCUT2D eigenvalue weighted by Crippen LogP contribution is -2.47. The summed E-state index contributed by atoms with van der Waals surface area (Å²) in [6.45, 7) is 12.1. The van der Waals surface area contributed by atoms with Crippen molar-refractivity contribution in [1.29, 1.82) is 0 Å². The molecule has 0 spiro atoms. The molecule has 1 aromatic heterocycles. The molecule has 1 N–H and O–H groups in total. The van der Waals surface area contributed by atoms with Gasteiger partial charge < -0.3 is 9.64 Å². The van der Waals surface area contributed by atoms with Gasteiger partial charge in [0.2, 0.25) is 5.13 Å². The maximum atomic E-state index is 12.5. The van der Waals surface area contributed by atoms with Crippen LogP contribution in [0, 0.1) is 0 Å². The molecule has 0 bridgehead atoms. The predicted octanol–water partition coefficient (Wildman–Crippen LogP) is 1.96. The zero-order chi connectivity index (χ0) is 19.0. The maximum absolute atomic E-state index is 12.5. The number of esters is 1. The minimum absolute atomic E-state index is 0.0183. The van der Waals surface area contributed by atoms with Crippen molar-refractivity contribution >= 4 is 28.5 Å². The molecule has 2 amide bonds. The van der Waals surface area contributed by atoms with Crippen LogP contribution in [0.3, 0.4) is 0 Å². The molecule has 1 fully saturated rings. The predicted molar refractivity (Wildman–Crippen MR) is 96.7 cm³/mol. The highest BCUT2D eigenvalue weighted by molar-refractivity contribution is 7.15. The molecule has 1 unspecified atom stereocenters. The van der Waals surface area contributed by atoms with Crippen LogP contribution >= 0.6 is 11.3 Å². The van der Waals surface area contributed by atoms with E-state index in [1.807, 2.05) is 41.5 Å².